The number of non-ortho nitro benzene ring substituents is 1. The van der Waals surface area contributed by atoms with Crippen LogP contribution in [0.4, 0.5) is 21.9 Å². The van der Waals surface area contributed by atoms with Gasteiger partial charge >= 0.3 is 11.7 Å². The van der Waals surface area contributed by atoms with E-state index in [0.717, 1.165) is 42.5 Å². The van der Waals surface area contributed by atoms with Crippen molar-refractivity contribution in [1.82, 2.24) is 10.7 Å². The summed E-state index contributed by atoms with van der Waals surface area (Å²) in [6.07, 6.45) is 3.00. The number of nitrogens with zero attached hydrogens (tertiary/aromatic N) is 2. The minimum absolute atomic E-state index is 0.0467. The Morgan fingerprint density at radius 1 is 0.969 bits per heavy atom. The molecule has 32 heavy (non-hydrogen) atoms. The van der Waals surface area contributed by atoms with Gasteiger partial charge in [-0.15, -0.1) is 0 Å². The molecule has 1 aliphatic carbocycles. The third kappa shape index (κ3) is 5.97. The number of benzene rings is 2. The van der Waals surface area contributed by atoms with E-state index in [0.29, 0.717) is 12.8 Å². The number of carbonyl (C=O) groups excluding carboxylic acids is 1. The number of nitrogens with one attached hydrogen (secondary N) is 3. The second-order valence-electron chi connectivity index (χ2n) is 7.21. The number of hydrogen-bond acceptors (Lipinski definition) is 8. The largest absolute Gasteiger partial charge is 0.497 e. The Bertz CT molecular complexity index is 975. The summed E-state index contributed by atoms with van der Waals surface area (Å²) in [5.74, 6) is 1.51. The van der Waals surface area contributed by atoms with E-state index in [-0.39, 0.29) is 17.8 Å². The third-order valence-corrected chi connectivity index (χ3v) is 5.07. The van der Waals surface area contributed by atoms with Gasteiger partial charge in [-0.25, -0.2) is 4.79 Å². The average molecular weight is 445 g/mol. The van der Waals surface area contributed by atoms with E-state index in [2.05, 4.69) is 16.2 Å². The highest BCUT2D eigenvalue weighted by atomic mass is 16.6. The molecule has 3 N–H and O–H groups in total. The summed E-state index contributed by atoms with van der Waals surface area (Å²) in [5, 5.41) is 24.7. The number of carbonyl (C=O) groups is 1. The molecule has 0 atom stereocenters. The fraction of sp³-hybridized carbons (Fsp3) is 0.350. The molecular formula is C20H23N5O7. The fourth-order valence-corrected chi connectivity index (χ4v) is 3.41. The topological polar surface area (TPSA) is 158 Å². The molecule has 0 spiro atoms. The van der Waals surface area contributed by atoms with Crippen LogP contribution in [0.15, 0.2) is 42.5 Å². The van der Waals surface area contributed by atoms with Gasteiger partial charge in [0.2, 0.25) is 0 Å². The maximum Gasteiger partial charge on any atom is 0.333 e. The van der Waals surface area contributed by atoms with Crippen LogP contribution in [0.25, 0.3) is 0 Å². The van der Waals surface area contributed by atoms with E-state index < -0.39 is 27.3 Å². The monoisotopic (exact) mass is 445 g/mol. The maximum atomic E-state index is 12.2. The lowest BCUT2D eigenvalue weighted by Crippen LogP contribution is -2.46. The Morgan fingerprint density at radius 2 is 1.62 bits per heavy atom. The van der Waals surface area contributed by atoms with Gasteiger partial charge in [0.25, 0.3) is 5.69 Å². The van der Waals surface area contributed by atoms with E-state index in [1.165, 1.54) is 0 Å². The van der Waals surface area contributed by atoms with Crippen LogP contribution >= 0.6 is 0 Å². The van der Waals surface area contributed by atoms with Gasteiger partial charge in [-0.1, -0.05) is 0 Å². The molecule has 2 aromatic carbocycles. The first-order chi connectivity index (χ1) is 15.4. The van der Waals surface area contributed by atoms with Gasteiger partial charge in [-0.3, -0.25) is 31.1 Å². The zero-order chi connectivity index (χ0) is 23.1. The smallest absolute Gasteiger partial charge is 0.333 e. The molecule has 3 rings (SSSR count). The molecule has 0 radical (unpaired) electrons. The number of hydrazine groups is 1. The standard InChI is InChI=1S/C20H23N5O7/c1-31-15-7-9-17(10-8-15)32-16-5-2-13(3-6-16)21-20(26)23-22-18-11-4-14(24(27)28)12-19(18)25(29)30/h4,7-13,16,22H,2-3,5-6H2,1H3,(H2,21,23,26). The van der Waals surface area contributed by atoms with Gasteiger partial charge in [0.1, 0.15) is 17.2 Å². The summed E-state index contributed by atoms with van der Waals surface area (Å²) < 4.78 is 11.1. The molecule has 0 aliphatic heterocycles. The van der Waals surface area contributed by atoms with Crippen molar-refractivity contribution in [2.45, 2.75) is 37.8 Å². The molecule has 1 aliphatic rings. The van der Waals surface area contributed by atoms with Gasteiger partial charge in [0.15, 0.2) is 0 Å². The van der Waals surface area contributed by atoms with E-state index in [4.69, 9.17) is 9.47 Å². The zero-order valence-electron chi connectivity index (χ0n) is 17.3. The van der Waals surface area contributed by atoms with Crippen LogP contribution in [0.2, 0.25) is 0 Å². The van der Waals surface area contributed by atoms with Crippen molar-refractivity contribution in [2.75, 3.05) is 12.5 Å². The number of nitro benzene ring substituents is 2. The van der Waals surface area contributed by atoms with Gasteiger partial charge < -0.3 is 14.8 Å². The first-order valence-electron chi connectivity index (χ1n) is 9.91. The number of methoxy groups -OCH3 is 1. The van der Waals surface area contributed by atoms with Crippen molar-refractivity contribution < 1.29 is 24.1 Å². The van der Waals surface area contributed by atoms with E-state index in [1.807, 2.05) is 24.3 Å². The van der Waals surface area contributed by atoms with Crippen LogP contribution in [0, 0.1) is 20.2 Å². The van der Waals surface area contributed by atoms with Crippen molar-refractivity contribution in [3.8, 4) is 11.5 Å². The van der Waals surface area contributed by atoms with Gasteiger partial charge in [-0.2, -0.15) is 0 Å². The highest BCUT2D eigenvalue weighted by Crippen LogP contribution is 2.28. The molecule has 0 unspecified atom stereocenters. The molecule has 1 fully saturated rings. The Morgan fingerprint density at radius 3 is 2.22 bits per heavy atom. The Hall–Kier alpha value is -4.09. The summed E-state index contributed by atoms with van der Waals surface area (Å²) in [6, 6.07) is 9.82. The minimum Gasteiger partial charge on any atom is -0.497 e. The molecule has 12 nitrogen and oxygen atoms in total. The van der Waals surface area contributed by atoms with Crippen molar-refractivity contribution >= 4 is 23.1 Å². The number of nitro groups is 2. The van der Waals surface area contributed by atoms with Crippen molar-refractivity contribution in [3.05, 3.63) is 62.7 Å². The molecule has 0 heterocycles. The number of hydrogen-bond donors (Lipinski definition) is 3. The molecule has 170 valence electrons. The van der Waals surface area contributed by atoms with Crippen LogP contribution in [-0.4, -0.2) is 35.1 Å². The lowest BCUT2D eigenvalue weighted by molar-refractivity contribution is -0.393. The number of anilines is 1. The van der Waals surface area contributed by atoms with Gasteiger partial charge in [0, 0.05) is 12.1 Å². The number of amides is 2. The number of rotatable bonds is 8. The fourth-order valence-electron chi connectivity index (χ4n) is 3.41. The molecule has 1 saturated carbocycles. The summed E-state index contributed by atoms with van der Waals surface area (Å²) >= 11 is 0. The predicted molar refractivity (Wildman–Crippen MR) is 115 cm³/mol. The first kappa shape index (κ1) is 22.6. The summed E-state index contributed by atoms with van der Waals surface area (Å²) in [5.41, 5.74) is 3.78. The molecule has 2 amide bonds. The van der Waals surface area contributed by atoms with E-state index >= 15 is 0 Å². The Balaban J connectivity index is 1.45. The SMILES string of the molecule is COc1ccc(OC2CCC(NC(=O)NNc3ccc([N+](=O)[O-])cc3[N+](=O)[O-])CC2)cc1. The van der Waals surface area contributed by atoms with Gasteiger partial charge in [0.05, 0.1) is 29.1 Å². The van der Waals surface area contributed by atoms with Crippen LogP contribution in [0.3, 0.4) is 0 Å². The molecular weight excluding hydrogens is 422 g/mol. The average Bonchev–Trinajstić information content (AvgIpc) is 2.79. The Kier molecular flexibility index (Phi) is 7.26. The second-order valence-corrected chi connectivity index (χ2v) is 7.21. The predicted octanol–water partition coefficient (Wildman–Crippen LogP) is 3.53. The molecule has 0 bridgehead atoms. The highest BCUT2D eigenvalue weighted by Gasteiger charge is 2.24. The van der Waals surface area contributed by atoms with Crippen LogP contribution in [-0.2, 0) is 0 Å². The van der Waals surface area contributed by atoms with Crippen molar-refractivity contribution in [1.29, 1.82) is 0 Å². The van der Waals surface area contributed by atoms with Crippen LogP contribution < -0.4 is 25.6 Å². The lowest BCUT2D eigenvalue weighted by atomic mass is 9.93. The zero-order valence-corrected chi connectivity index (χ0v) is 17.3. The van der Waals surface area contributed by atoms with Crippen molar-refractivity contribution in [2.24, 2.45) is 0 Å². The Labute approximate surface area is 183 Å². The number of ether oxygens (including phenoxy) is 2. The maximum absolute atomic E-state index is 12.2. The quantitative estimate of drug-likeness (QED) is 0.411. The van der Waals surface area contributed by atoms with E-state index in [9.17, 15) is 25.0 Å². The van der Waals surface area contributed by atoms with Gasteiger partial charge in [-0.05, 0) is 56.0 Å². The van der Waals surface area contributed by atoms with Crippen molar-refractivity contribution in [3.63, 3.8) is 0 Å². The number of urea groups is 1. The normalized spacial score (nSPS) is 17.7. The van der Waals surface area contributed by atoms with Crippen LogP contribution in [0.5, 0.6) is 11.5 Å². The lowest BCUT2D eigenvalue weighted by Gasteiger charge is -2.29. The molecule has 0 saturated heterocycles. The molecule has 0 aromatic heterocycles. The summed E-state index contributed by atoms with van der Waals surface area (Å²) in [4.78, 5) is 32.6. The second kappa shape index (κ2) is 10.3. The minimum atomic E-state index is -0.765. The molecule has 2 aromatic rings. The summed E-state index contributed by atoms with van der Waals surface area (Å²) in [6.45, 7) is 0. The summed E-state index contributed by atoms with van der Waals surface area (Å²) in [7, 11) is 1.60. The third-order valence-electron chi connectivity index (χ3n) is 5.07. The first-order valence-corrected chi connectivity index (χ1v) is 9.91. The highest BCUT2D eigenvalue weighted by molar-refractivity contribution is 5.77. The van der Waals surface area contributed by atoms with Crippen LogP contribution in [0.1, 0.15) is 25.7 Å². The van der Waals surface area contributed by atoms with E-state index in [1.54, 1.807) is 7.11 Å². The molecule has 12 heteroatoms.